The number of hydrogen-bond donors (Lipinski definition) is 2. The van der Waals surface area contributed by atoms with Crippen molar-refractivity contribution < 1.29 is 23.5 Å². The van der Waals surface area contributed by atoms with Gasteiger partial charge in [0.1, 0.15) is 5.58 Å². The van der Waals surface area contributed by atoms with Crippen LogP contribution in [-0.2, 0) is 33.6 Å². The molecule has 1 atom stereocenters. The van der Waals surface area contributed by atoms with Crippen LogP contribution in [0.25, 0.3) is 11.0 Å². The lowest BCUT2D eigenvalue weighted by molar-refractivity contribution is -0.153. The zero-order chi connectivity index (χ0) is 21.1. The normalized spacial score (nSPS) is 17.4. The number of furan rings is 1. The van der Waals surface area contributed by atoms with Gasteiger partial charge in [0.15, 0.2) is 6.10 Å². The van der Waals surface area contributed by atoms with Gasteiger partial charge in [0.25, 0.3) is 5.91 Å². The van der Waals surface area contributed by atoms with Crippen molar-refractivity contribution in [3.8, 4) is 0 Å². The molecule has 1 fully saturated rings. The Balaban J connectivity index is 1.29. The number of benzene rings is 1. The number of ether oxygens (including phenoxy) is 1. The summed E-state index contributed by atoms with van der Waals surface area (Å²) in [5.41, 5.74) is 4.12. The van der Waals surface area contributed by atoms with Crippen LogP contribution in [0.3, 0.4) is 0 Å². The van der Waals surface area contributed by atoms with Crippen molar-refractivity contribution in [2.45, 2.75) is 76.9 Å². The van der Waals surface area contributed by atoms with E-state index in [1.54, 1.807) is 6.26 Å². The van der Waals surface area contributed by atoms with E-state index in [0.29, 0.717) is 0 Å². The second kappa shape index (κ2) is 8.90. The second-order valence-electron chi connectivity index (χ2n) is 8.34. The topological polar surface area (TPSA) is 97.6 Å². The lowest BCUT2D eigenvalue weighted by Crippen LogP contribution is -2.48. The van der Waals surface area contributed by atoms with Crippen LogP contribution in [0.15, 0.2) is 22.8 Å². The molecule has 0 spiro atoms. The van der Waals surface area contributed by atoms with Crippen LogP contribution in [-0.4, -0.2) is 30.1 Å². The summed E-state index contributed by atoms with van der Waals surface area (Å²) in [5.74, 6) is -1.17. The molecule has 0 unspecified atom stereocenters. The predicted molar refractivity (Wildman–Crippen MR) is 111 cm³/mol. The third kappa shape index (κ3) is 4.66. The number of esters is 1. The molecule has 2 N–H and O–H groups in total. The van der Waals surface area contributed by atoms with Crippen molar-refractivity contribution in [3.63, 3.8) is 0 Å². The smallest absolute Gasteiger partial charge is 0.321 e. The number of nitrogens with one attached hydrogen (secondary N) is 2. The average molecular weight is 412 g/mol. The van der Waals surface area contributed by atoms with Crippen molar-refractivity contribution in [2.75, 3.05) is 0 Å². The van der Waals surface area contributed by atoms with Gasteiger partial charge < -0.3 is 14.5 Å². The third-order valence-electron chi connectivity index (χ3n) is 6.06. The molecular weight excluding hydrogens is 384 g/mol. The molecule has 7 heteroatoms. The number of carbonyl (C=O) groups is 3. The molecule has 4 rings (SSSR count). The molecule has 1 heterocycles. The molecule has 160 valence electrons. The molecule has 0 saturated heterocycles. The van der Waals surface area contributed by atoms with Crippen molar-refractivity contribution in [1.82, 2.24) is 10.6 Å². The van der Waals surface area contributed by atoms with Crippen LogP contribution in [0.5, 0.6) is 0 Å². The van der Waals surface area contributed by atoms with E-state index >= 15 is 0 Å². The minimum absolute atomic E-state index is 0.0116. The van der Waals surface area contributed by atoms with Crippen molar-refractivity contribution >= 4 is 28.9 Å². The van der Waals surface area contributed by atoms with Crippen molar-refractivity contribution in [2.24, 2.45) is 0 Å². The summed E-state index contributed by atoms with van der Waals surface area (Å²) in [6.45, 7) is 1.46. The molecule has 3 amide bonds. The van der Waals surface area contributed by atoms with Gasteiger partial charge in [0.2, 0.25) is 0 Å². The summed E-state index contributed by atoms with van der Waals surface area (Å²) in [6, 6.07) is 3.70. The Morgan fingerprint density at radius 3 is 2.60 bits per heavy atom. The fraction of sp³-hybridized carbons (Fsp3) is 0.522. The number of aryl methyl sites for hydroxylation is 2. The van der Waals surface area contributed by atoms with Gasteiger partial charge in [-0.05, 0) is 62.3 Å². The number of hydrogen-bond acceptors (Lipinski definition) is 5. The quantitative estimate of drug-likeness (QED) is 0.732. The first-order valence-electron chi connectivity index (χ1n) is 10.8. The number of fused-ring (bicyclic) bond motifs is 2. The standard InChI is InChI=1S/C23H28N2O5/c1-14(22(27)25-23(28)24-18-8-3-2-4-9-18)30-21(26)12-17-13-29-20-11-16-7-5-6-15(16)10-19(17)20/h10-11,13-14,18H,2-9,12H2,1H3,(H2,24,25,27,28)/t14-/m1/s1. The number of amides is 3. The van der Waals surface area contributed by atoms with E-state index < -0.39 is 24.0 Å². The van der Waals surface area contributed by atoms with Gasteiger partial charge in [-0.15, -0.1) is 0 Å². The number of urea groups is 1. The molecule has 2 aliphatic carbocycles. The zero-order valence-corrected chi connectivity index (χ0v) is 17.3. The van der Waals surface area contributed by atoms with Gasteiger partial charge in [-0.25, -0.2) is 4.79 Å². The van der Waals surface area contributed by atoms with E-state index in [0.717, 1.165) is 61.5 Å². The Bertz CT molecular complexity index is 958. The highest BCUT2D eigenvalue weighted by atomic mass is 16.5. The zero-order valence-electron chi connectivity index (χ0n) is 17.3. The number of rotatable bonds is 5. The molecule has 7 nitrogen and oxygen atoms in total. The fourth-order valence-electron chi connectivity index (χ4n) is 4.41. The Hall–Kier alpha value is -2.83. The summed E-state index contributed by atoms with van der Waals surface area (Å²) in [6.07, 6.45) is 8.96. The lowest BCUT2D eigenvalue weighted by Gasteiger charge is -2.23. The summed E-state index contributed by atoms with van der Waals surface area (Å²) in [4.78, 5) is 36.6. The molecule has 2 aromatic rings. The molecule has 0 radical (unpaired) electrons. The van der Waals surface area contributed by atoms with E-state index in [2.05, 4.69) is 16.7 Å². The van der Waals surface area contributed by atoms with E-state index in [1.807, 2.05) is 6.07 Å². The molecule has 2 aliphatic rings. The lowest BCUT2D eigenvalue weighted by atomic mass is 9.96. The first-order chi connectivity index (χ1) is 14.5. The van der Waals surface area contributed by atoms with E-state index in [1.165, 1.54) is 24.5 Å². The Kier molecular flexibility index (Phi) is 6.06. The van der Waals surface area contributed by atoms with Gasteiger partial charge in [0, 0.05) is 17.0 Å². The molecule has 0 aliphatic heterocycles. The third-order valence-corrected chi connectivity index (χ3v) is 6.06. The first kappa shape index (κ1) is 20.4. The van der Waals surface area contributed by atoms with Crippen LogP contribution in [0, 0.1) is 0 Å². The van der Waals surface area contributed by atoms with Gasteiger partial charge in [-0.2, -0.15) is 0 Å². The number of carbonyl (C=O) groups excluding carboxylic acids is 3. The second-order valence-corrected chi connectivity index (χ2v) is 8.34. The van der Waals surface area contributed by atoms with Gasteiger partial charge >= 0.3 is 12.0 Å². The maximum Gasteiger partial charge on any atom is 0.321 e. The Morgan fingerprint density at radius 1 is 1.10 bits per heavy atom. The Labute approximate surface area is 175 Å². The monoisotopic (exact) mass is 412 g/mol. The maximum absolute atomic E-state index is 12.4. The minimum atomic E-state index is -1.06. The van der Waals surface area contributed by atoms with Crippen LogP contribution in [0.1, 0.15) is 62.1 Å². The summed E-state index contributed by atoms with van der Waals surface area (Å²) in [5, 5.41) is 5.99. The fourth-order valence-corrected chi connectivity index (χ4v) is 4.41. The van der Waals surface area contributed by atoms with Gasteiger partial charge in [-0.3, -0.25) is 14.9 Å². The highest BCUT2D eigenvalue weighted by Crippen LogP contribution is 2.30. The van der Waals surface area contributed by atoms with E-state index in [4.69, 9.17) is 9.15 Å². The highest BCUT2D eigenvalue weighted by Gasteiger charge is 2.23. The van der Waals surface area contributed by atoms with Crippen LogP contribution < -0.4 is 10.6 Å². The van der Waals surface area contributed by atoms with Crippen molar-refractivity contribution in [3.05, 3.63) is 35.1 Å². The minimum Gasteiger partial charge on any atom is -0.464 e. The molecule has 1 aromatic heterocycles. The number of imide groups is 1. The Morgan fingerprint density at radius 2 is 1.83 bits per heavy atom. The average Bonchev–Trinajstić information content (AvgIpc) is 3.33. The van der Waals surface area contributed by atoms with Crippen LogP contribution >= 0.6 is 0 Å². The summed E-state index contributed by atoms with van der Waals surface area (Å²) < 4.78 is 10.9. The van der Waals surface area contributed by atoms with E-state index in [9.17, 15) is 14.4 Å². The molecule has 0 bridgehead atoms. The summed E-state index contributed by atoms with van der Waals surface area (Å²) in [7, 11) is 0. The molecule has 1 saturated carbocycles. The van der Waals surface area contributed by atoms with Crippen molar-refractivity contribution in [1.29, 1.82) is 0 Å². The summed E-state index contributed by atoms with van der Waals surface area (Å²) >= 11 is 0. The van der Waals surface area contributed by atoms with Gasteiger partial charge in [0.05, 0.1) is 12.7 Å². The SMILES string of the molecule is C[C@@H](OC(=O)Cc1coc2cc3c(cc12)CCC3)C(=O)NC(=O)NC1CCCCC1. The van der Waals surface area contributed by atoms with Crippen LogP contribution in [0.2, 0.25) is 0 Å². The van der Waals surface area contributed by atoms with Gasteiger partial charge in [-0.1, -0.05) is 19.3 Å². The molecule has 30 heavy (non-hydrogen) atoms. The highest BCUT2D eigenvalue weighted by molar-refractivity contribution is 5.97. The molecular formula is C23H28N2O5. The predicted octanol–water partition coefficient (Wildman–Crippen LogP) is 3.55. The van der Waals surface area contributed by atoms with E-state index in [-0.39, 0.29) is 12.5 Å². The van der Waals surface area contributed by atoms with Crippen LogP contribution in [0.4, 0.5) is 4.79 Å². The maximum atomic E-state index is 12.4. The first-order valence-corrected chi connectivity index (χ1v) is 10.8. The molecule has 1 aromatic carbocycles. The largest absolute Gasteiger partial charge is 0.464 e.